The predicted molar refractivity (Wildman–Crippen MR) is 127 cm³/mol. The molecule has 0 aliphatic heterocycles. The van der Waals surface area contributed by atoms with Crippen molar-refractivity contribution < 1.29 is 0 Å². The standard InChI is InChI=1S/C25H24N6O/c1-15-5-6-16(13-27-15)19-11-12-20-22(29-19)23-21(14-28-20)30(4)24(32)31(23)18-9-7-17(8-10-18)25(2,3)26/h5-14H,26H2,1-4H3. The zero-order valence-electron chi connectivity index (χ0n) is 18.5. The summed E-state index contributed by atoms with van der Waals surface area (Å²) in [7, 11) is 1.75. The van der Waals surface area contributed by atoms with Crippen LogP contribution in [0, 0.1) is 6.92 Å². The Morgan fingerprint density at radius 3 is 2.34 bits per heavy atom. The van der Waals surface area contributed by atoms with Crippen LogP contribution in [0.15, 0.2) is 65.7 Å². The van der Waals surface area contributed by atoms with Gasteiger partial charge in [-0.1, -0.05) is 12.1 Å². The molecular formula is C25H24N6O. The Morgan fingerprint density at radius 2 is 1.69 bits per heavy atom. The van der Waals surface area contributed by atoms with Crippen molar-refractivity contribution in [2.24, 2.45) is 12.8 Å². The second-order valence-corrected chi connectivity index (χ2v) is 8.69. The Bertz CT molecular complexity index is 1520. The first kappa shape index (κ1) is 20.1. The number of pyridine rings is 3. The van der Waals surface area contributed by atoms with Crippen molar-refractivity contribution in [1.82, 2.24) is 24.1 Å². The van der Waals surface area contributed by atoms with Crippen molar-refractivity contribution in [2.75, 3.05) is 0 Å². The highest BCUT2D eigenvalue weighted by molar-refractivity contribution is 6.01. The lowest BCUT2D eigenvalue weighted by atomic mass is 9.95. The van der Waals surface area contributed by atoms with Crippen LogP contribution in [-0.2, 0) is 12.6 Å². The molecule has 1 aromatic carbocycles. The Morgan fingerprint density at radius 1 is 0.938 bits per heavy atom. The number of aryl methyl sites for hydroxylation is 2. The number of benzene rings is 1. The van der Waals surface area contributed by atoms with Crippen molar-refractivity contribution in [2.45, 2.75) is 26.3 Å². The van der Waals surface area contributed by atoms with E-state index in [0.29, 0.717) is 5.52 Å². The molecule has 0 saturated heterocycles. The van der Waals surface area contributed by atoms with Gasteiger partial charge in [-0.2, -0.15) is 0 Å². The van der Waals surface area contributed by atoms with Gasteiger partial charge in [-0.25, -0.2) is 9.78 Å². The zero-order chi connectivity index (χ0) is 22.6. The molecule has 4 heterocycles. The van der Waals surface area contributed by atoms with Gasteiger partial charge < -0.3 is 5.73 Å². The van der Waals surface area contributed by atoms with Crippen molar-refractivity contribution in [1.29, 1.82) is 0 Å². The van der Waals surface area contributed by atoms with Gasteiger partial charge in [0.15, 0.2) is 0 Å². The summed E-state index contributed by atoms with van der Waals surface area (Å²) >= 11 is 0. The quantitative estimate of drug-likeness (QED) is 0.475. The monoisotopic (exact) mass is 424 g/mol. The summed E-state index contributed by atoms with van der Waals surface area (Å²) in [5, 5.41) is 0. The first-order valence-corrected chi connectivity index (χ1v) is 10.4. The van der Waals surface area contributed by atoms with Crippen molar-refractivity contribution in [3.8, 4) is 16.9 Å². The maximum Gasteiger partial charge on any atom is 0.333 e. The number of hydrogen-bond donors (Lipinski definition) is 1. The smallest absolute Gasteiger partial charge is 0.322 e. The largest absolute Gasteiger partial charge is 0.333 e. The van der Waals surface area contributed by atoms with Crippen LogP contribution in [0.25, 0.3) is 39.0 Å². The minimum Gasteiger partial charge on any atom is -0.322 e. The number of imidazole rings is 1. The number of aromatic nitrogens is 5. The predicted octanol–water partition coefficient (Wildman–Crippen LogP) is 3.84. The third-order valence-electron chi connectivity index (χ3n) is 5.81. The highest BCUT2D eigenvalue weighted by Crippen LogP contribution is 2.27. The molecule has 0 fully saturated rings. The zero-order valence-corrected chi connectivity index (χ0v) is 18.5. The summed E-state index contributed by atoms with van der Waals surface area (Å²) < 4.78 is 3.29. The number of hydrogen-bond acceptors (Lipinski definition) is 5. The van der Waals surface area contributed by atoms with Gasteiger partial charge in [-0.05, 0) is 62.7 Å². The number of nitrogens with two attached hydrogens (primary N) is 1. The van der Waals surface area contributed by atoms with E-state index < -0.39 is 5.54 Å². The van der Waals surface area contributed by atoms with Gasteiger partial charge >= 0.3 is 5.69 Å². The van der Waals surface area contributed by atoms with E-state index in [1.807, 2.05) is 75.5 Å². The highest BCUT2D eigenvalue weighted by atomic mass is 16.1. The number of rotatable bonds is 3. The molecule has 7 nitrogen and oxygen atoms in total. The molecule has 4 aromatic heterocycles. The number of nitrogens with zero attached hydrogens (tertiary/aromatic N) is 5. The Hall–Kier alpha value is -3.84. The van der Waals surface area contributed by atoms with Crippen LogP contribution in [0.4, 0.5) is 0 Å². The van der Waals surface area contributed by atoms with Crippen LogP contribution in [0.5, 0.6) is 0 Å². The van der Waals surface area contributed by atoms with E-state index in [1.54, 1.807) is 22.4 Å². The van der Waals surface area contributed by atoms with Crippen molar-refractivity contribution in [3.63, 3.8) is 0 Å². The van der Waals surface area contributed by atoms with E-state index in [2.05, 4.69) is 9.97 Å². The molecule has 0 unspecified atom stereocenters. The SMILES string of the molecule is Cc1ccc(-c2ccc3ncc4c(c3n2)n(-c2ccc(C(C)(C)N)cc2)c(=O)n4C)cn1. The van der Waals surface area contributed by atoms with Gasteiger partial charge in [0.2, 0.25) is 0 Å². The average molecular weight is 425 g/mol. The maximum absolute atomic E-state index is 13.2. The first-order chi connectivity index (χ1) is 15.2. The summed E-state index contributed by atoms with van der Waals surface area (Å²) in [4.78, 5) is 27.1. The highest BCUT2D eigenvalue weighted by Gasteiger charge is 2.19. The molecule has 5 rings (SSSR count). The third-order valence-corrected chi connectivity index (χ3v) is 5.81. The van der Waals surface area contributed by atoms with Crippen LogP contribution in [0.2, 0.25) is 0 Å². The molecule has 0 spiro atoms. The lowest BCUT2D eigenvalue weighted by Crippen LogP contribution is -2.28. The van der Waals surface area contributed by atoms with E-state index in [9.17, 15) is 4.79 Å². The maximum atomic E-state index is 13.2. The van der Waals surface area contributed by atoms with Crippen LogP contribution >= 0.6 is 0 Å². The molecule has 0 amide bonds. The summed E-state index contributed by atoms with van der Waals surface area (Å²) in [6.45, 7) is 5.86. The molecule has 32 heavy (non-hydrogen) atoms. The van der Waals surface area contributed by atoms with E-state index in [0.717, 1.165) is 44.8 Å². The normalized spacial score (nSPS) is 12.0. The molecule has 0 aliphatic carbocycles. The Balaban J connectivity index is 1.79. The van der Waals surface area contributed by atoms with Crippen LogP contribution in [0.3, 0.4) is 0 Å². The molecular weight excluding hydrogens is 400 g/mol. The average Bonchev–Trinajstić information content (AvgIpc) is 3.04. The lowest BCUT2D eigenvalue weighted by molar-refractivity contribution is 0.554. The second kappa shape index (κ2) is 7.10. The van der Waals surface area contributed by atoms with Crippen molar-refractivity contribution in [3.05, 3.63) is 82.7 Å². The molecule has 0 bridgehead atoms. The fourth-order valence-corrected chi connectivity index (χ4v) is 3.92. The van der Waals surface area contributed by atoms with Gasteiger partial charge in [-0.15, -0.1) is 0 Å². The minimum atomic E-state index is -0.461. The fourth-order valence-electron chi connectivity index (χ4n) is 3.92. The molecule has 0 atom stereocenters. The number of fused-ring (bicyclic) bond motifs is 3. The molecule has 0 aliphatic rings. The van der Waals surface area contributed by atoms with E-state index in [1.165, 1.54) is 0 Å². The van der Waals surface area contributed by atoms with Crippen LogP contribution in [0.1, 0.15) is 25.1 Å². The minimum absolute atomic E-state index is 0.154. The van der Waals surface area contributed by atoms with E-state index in [4.69, 9.17) is 10.7 Å². The Labute approximate surface area is 185 Å². The van der Waals surface area contributed by atoms with Gasteiger partial charge in [0, 0.05) is 30.0 Å². The molecule has 160 valence electrons. The molecule has 2 N–H and O–H groups in total. The summed E-state index contributed by atoms with van der Waals surface area (Å²) in [6.07, 6.45) is 3.53. The fraction of sp³-hybridized carbons (Fsp3) is 0.200. The summed E-state index contributed by atoms with van der Waals surface area (Å²) in [5.74, 6) is 0. The molecule has 0 saturated carbocycles. The summed E-state index contributed by atoms with van der Waals surface area (Å²) in [6, 6.07) is 15.6. The van der Waals surface area contributed by atoms with Gasteiger partial charge in [0.1, 0.15) is 11.0 Å². The van der Waals surface area contributed by atoms with Crippen LogP contribution < -0.4 is 11.4 Å². The Kier molecular flexibility index (Phi) is 4.46. The first-order valence-electron chi connectivity index (χ1n) is 10.4. The lowest BCUT2D eigenvalue weighted by Gasteiger charge is -2.19. The molecule has 7 heteroatoms. The molecule has 0 radical (unpaired) electrons. The molecule has 5 aromatic rings. The van der Waals surface area contributed by atoms with E-state index in [-0.39, 0.29) is 5.69 Å². The topological polar surface area (TPSA) is 91.6 Å². The van der Waals surface area contributed by atoms with Gasteiger partial charge in [0.05, 0.1) is 28.6 Å². The van der Waals surface area contributed by atoms with Crippen molar-refractivity contribution >= 4 is 22.1 Å². The second-order valence-electron chi connectivity index (χ2n) is 8.69. The third kappa shape index (κ3) is 3.18. The van der Waals surface area contributed by atoms with Crippen LogP contribution in [-0.4, -0.2) is 24.1 Å². The summed E-state index contributed by atoms with van der Waals surface area (Å²) in [5.41, 5.74) is 12.8. The van der Waals surface area contributed by atoms with Gasteiger partial charge in [-0.3, -0.25) is 19.1 Å². The van der Waals surface area contributed by atoms with E-state index >= 15 is 0 Å². The van der Waals surface area contributed by atoms with Gasteiger partial charge in [0.25, 0.3) is 0 Å².